The molecule has 2 nitrogen and oxygen atoms in total. The summed E-state index contributed by atoms with van der Waals surface area (Å²) in [5.41, 5.74) is 4.24. The lowest BCUT2D eigenvalue weighted by Gasteiger charge is -2.04. The highest BCUT2D eigenvalue weighted by molar-refractivity contribution is 9.10. The third kappa shape index (κ3) is 4.18. The number of ether oxygens (including phenoxy) is 1. The first-order valence-electron chi connectivity index (χ1n) is 8.77. The molecule has 1 heterocycles. The molecule has 0 N–H and O–H groups in total. The monoisotopic (exact) mass is 495 g/mol. The molecule has 4 rings (SSSR count). The quantitative estimate of drug-likeness (QED) is 0.266. The van der Waals surface area contributed by atoms with Gasteiger partial charge in [0.05, 0.1) is 30.4 Å². The minimum atomic E-state index is 0.818. The van der Waals surface area contributed by atoms with Gasteiger partial charge in [-0.1, -0.05) is 44.0 Å². The highest BCUT2D eigenvalue weighted by Crippen LogP contribution is 2.34. The molecule has 138 valence electrons. The van der Waals surface area contributed by atoms with Crippen LogP contribution in [0.25, 0.3) is 33.8 Å². The van der Waals surface area contributed by atoms with E-state index in [1.54, 1.807) is 7.11 Å². The Morgan fingerprint density at radius 3 is 1.43 bits per heavy atom. The number of benzene rings is 3. The predicted octanol–water partition coefficient (Wildman–Crippen LogP) is 8.10. The summed E-state index contributed by atoms with van der Waals surface area (Å²) in [6.45, 7) is 0. The van der Waals surface area contributed by atoms with Gasteiger partial charge in [-0.15, -0.1) is 0 Å². The lowest BCUT2D eigenvalue weighted by Crippen LogP contribution is -1.87. The number of hydrogen-bond donors (Lipinski definition) is 0. The maximum atomic E-state index is 6.28. The molecule has 0 radical (unpaired) electrons. The molecule has 0 saturated carbocycles. The van der Waals surface area contributed by atoms with E-state index in [0.29, 0.717) is 0 Å². The van der Waals surface area contributed by atoms with E-state index in [0.717, 1.165) is 48.5 Å². The van der Waals surface area contributed by atoms with Gasteiger partial charge in [0, 0.05) is 14.5 Å². The van der Waals surface area contributed by atoms with Gasteiger partial charge in [-0.3, -0.25) is 0 Å². The molecule has 0 unspecified atom stereocenters. The summed E-state index contributed by atoms with van der Waals surface area (Å²) in [6, 6.07) is 28.5. The molecule has 0 amide bonds. The van der Waals surface area contributed by atoms with Crippen LogP contribution in [0.2, 0.25) is 0 Å². The Balaban J connectivity index is 1.86. The van der Waals surface area contributed by atoms with Gasteiger partial charge in [-0.25, -0.2) is 4.42 Å². The van der Waals surface area contributed by atoms with E-state index in [1.807, 2.05) is 60.7 Å². The Morgan fingerprint density at radius 1 is 0.571 bits per heavy atom. The molecule has 0 atom stereocenters. The molecule has 4 aromatic rings. The van der Waals surface area contributed by atoms with Crippen LogP contribution in [0, 0.1) is 0 Å². The number of rotatable bonds is 4. The largest absolute Gasteiger partial charge is 0.497 e. The van der Waals surface area contributed by atoms with Crippen molar-refractivity contribution in [2.24, 2.45) is 0 Å². The molecule has 28 heavy (non-hydrogen) atoms. The zero-order valence-electron chi connectivity index (χ0n) is 15.2. The van der Waals surface area contributed by atoms with E-state index < -0.39 is 0 Å². The Bertz CT molecular complexity index is 1020. The van der Waals surface area contributed by atoms with Gasteiger partial charge < -0.3 is 4.74 Å². The van der Waals surface area contributed by atoms with E-state index in [9.17, 15) is 0 Å². The van der Waals surface area contributed by atoms with Crippen molar-refractivity contribution in [3.8, 4) is 39.5 Å². The first-order chi connectivity index (χ1) is 13.6. The van der Waals surface area contributed by atoms with Crippen LogP contribution in [0.5, 0.6) is 5.75 Å². The summed E-state index contributed by atoms with van der Waals surface area (Å²) in [5, 5.41) is 0. The highest BCUT2D eigenvalue weighted by Gasteiger charge is 2.20. The van der Waals surface area contributed by atoms with Gasteiger partial charge in [0.2, 0.25) is 0 Å². The van der Waals surface area contributed by atoms with Crippen molar-refractivity contribution in [1.29, 1.82) is 0 Å². The SMILES string of the molecule is COc1ccc(-c2cc(-c3ccc(Br)cc3)[o+]c(-c3ccc(Br)cc3)c2)cc1. The number of halogens is 2. The Kier molecular flexibility index (Phi) is 5.60. The molecule has 0 spiro atoms. The van der Waals surface area contributed by atoms with Crippen molar-refractivity contribution in [2.75, 3.05) is 7.11 Å². The smallest absolute Gasteiger partial charge is 0.361 e. The summed E-state index contributed by atoms with van der Waals surface area (Å²) in [6.07, 6.45) is 0. The zero-order valence-corrected chi connectivity index (χ0v) is 18.3. The van der Waals surface area contributed by atoms with Gasteiger partial charge in [-0.2, -0.15) is 0 Å². The van der Waals surface area contributed by atoms with Crippen molar-refractivity contribution in [3.05, 3.63) is 93.9 Å². The average molecular weight is 497 g/mol. The van der Waals surface area contributed by atoms with Crippen molar-refractivity contribution in [3.63, 3.8) is 0 Å². The molecular weight excluding hydrogens is 480 g/mol. The molecule has 0 aliphatic heterocycles. The third-order valence-electron chi connectivity index (χ3n) is 4.47. The lowest BCUT2D eigenvalue weighted by atomic mass is 10.0. The molecule has 0 saturated heterocycles. The second-order valence-corrected chi connectivity index (χ2v) is 8.15. The summed E-state index contributed by atoms with van der Waals surface area (Å²) >= 11 is 6.99. The average Bonchev–Trinajstić information content (AvgIpc) is 2.74. The van der Waals surface area contributed by atoms with Crippen LogP contribution < -0.4 is 4.74 Å². The molecule has 0 aliphatic carbocycles. The second-order valence-electron chi connectivity index (χ2n) is 6.32. The van der Waals surface area contributed by atoms with Gasteiger partial charge >= 0.3 is 11.5 Å². The lowest BCUT2D eigenvalue weighted by molar-refractivity contribution is 0.415. The molecular formula is C24H17Br2O2+. The van der Waals surface area contributed by atoms with Gasteiger partial charge in [0.25, 0.3) is 0 Å². The van der Waals surface area contributed by atoms with Crippen LogP contribution in [0.3, 0.4) is 0 Å². The van der Waals surface area contributed by atoms with E-state index in [1.165, 1.54) is 0 Å². The second kappa shape index (κ2) is 8.29. The fourth-order valence-corrected chi connectivity index (χ4v) is 3.49. The number of hydrogen-bond acceptors (Lipinski definition) is 1. The Morgan fingerprint density at radius 2 is 1.00 bits per heavy atom. The first kappa shape index (κ1) is 18.9. The first-order valence-corrected chi connectivity index (χ1v) is 10.4. The fourth-order valence-electron chi connectivity index (χ4n) is 2.96. The van der Waals surface area contributed by atoms with Gasteiger partial charge in [0.15, 0.2) is 0 Å². The molecule has 0 bridgehead atoms. The molecule has 3 aromatic carbocycles. The maximum absolute atomic E-state index is 6.28. The normalized spacial score (nSPS) is 10.7. The van der Waals surface area contributed by atoms with Crippen LogP contribution in [0.1, 0.15) is 0 Å². The zero-order chi connectivity index (χ0) is 19.5. The standard InChI is InChI=1S/C24H17Br2O2/c1-27-22-12-6-16(7-13-22)19-14-23(17-2-8-20(25)9-3-17)28-24(15-19)18-4-10-21(26)11-5-18/h2-15H,1H3/q+1. The topological polar surface area (TPSA) is 20.5 Å². The molecule has 0 fully saturated rings. The maximum Gasteiger partial charge on any atom is 0.361 e. The van der Waals surface area contributed by atoms with E-state index in [-0.39, 0.29) is 0 Å². The minimum Gasteiger partial charge on any atom is -0.497 e. The van der Waals surface area contributed by atoms with Crippen LogP contribution in [0.4, 0.5) is 0 Å². The Labute approximate surface area is 181 Å². The predicted molar refractivity (Wildman–Crippen MR) is 121 cm³/mol. The molecule has 1 aromatic heterocycles. The van der Waals surface area contributed by atoms with Crippen LogP contribution >= 0.6 is 31.9 Å². The van der Waals surface area contributed by atoms with Gasteiger partial charge in [0.1, 0.15) is 5.75 Å². The van der Waals surface area contributed by atoms with Crippen LogP contribution in [0.15, 0.2) is 98.3 Å². The van der Waals surface area contributed by atoms with Crippen molar-refractivity contribution in [2.45, 2.75) is 0 Å². The van der Waals surface area contributed by atoms with Crippen LogP contribution in [-0.2, 0) is 0 Å². The Hall–Kier alpha value is -2.43. The van der Waals surface area contributed by atoms with Gasteiger partial charge in [-0.05, 0) is 66.2 Å². The van der Waals surface area contributed by atoms with E-state index in [2.05, 4.69) is 56.1 Å². The summed E-state index contributed by atoms with van der Waals surface area (Å²) in [5.74, 6) is 2.48. The summed E-state index contributed by atoms with van der Waals surface area (Å²) in [7, 11) is 1.67. The summed E-state index contributed by atoms with van der Waals surface area (Å²) < 4.78 is 13.6. The molecule has 0 aliphatic rings. The van der Waals surface area contributed by atoms with Crippen LogP contribution in [-0.4, -0.2) is 7.11 Å². The van der Waals surface area contributed by atoms with Crippen molar-refractivity contribution in [1.82, 2.24) is 0 Å². The van der Waals surface area contributed by atoms with E-state index in [4.69, 9.17) is 9.15 Å². The summed E-state index contributed by atoms with van der Waals surface area (Å²) in [4.78, 5) is 0. The number of methoxy groups -OCH3 is 1. The highest BCUT2D eigenvalue weighted by atomic mass is 79.9. The third-order valence-corrected chi connectivity index (χ3v) is 5.53. The van der Waals surface area contributed by atoms with E-state index >= 15 is 0 Å². The van der Waals surface area contributed by atoms with Crippen molar-refractivity contribution < 1.29 is 9.15 Å². The fraction of sp³-hybridized carbons (Fsp3) is 0.0417. The van der Waals surface area contributed by atoms with Crippen molar-refractivity contribution >= 4 is 31.9 Å². The minimum absolute atomic E-state index is 0.818. The molecule has 4 heteroatoms.